The normalized spacial score (nSPS) is 11.7. The maximum Gasteiger partial charge on any atom is 0.264 e. The number of fused-ring (bicyclic) bond motifs is 1. The number of aromatic nitrogens is 1. The van der Waals surface area contributed by atoms with Crippen molar-refractivity contribution < 1.29 is 13.2 Å². The second-order valence-electron chi connectivity index (χ2n) is 7.37. The summed E-state index contributed by atoms with van der Waals surface area (Å²) < 4.78 is 28.4. The van der Waals surface area contributed by atoms with Crippen molar-refractivity contribution in [3.8, 4) is 0 Å². The van der Waals surface area contributed by atoms with Gasteiger partial charge >= 0.3 is 0 Å². The number of hydrogen-bond donors (Lipinski definition) is 1. The Bertz CT molecular complexity index is 1190. The van der Waals surface area contributed by atoms with E-state index in [2.05, 4.69) is 4.72 Å². The Labute approximate surface area is 187 Å². The standard InChI is InChI=1S/C22H24Cl2N2O3S/c1-3-4-5-10-30(28,29)25-22(27)17-8-9-26-14-15(2)19(21(26)12-17)11-16-6-7-18(23)13-20(16)24/h6-9,12-14H,3-5,10-11H2,1-2H3,(H,25,27). The summed E-state index contributed by atoms with van der Waals surface area (Å²) >= 11 is 12.3. The number of rotatable bonds is 8. The molecule has 0 saturated carbocycles. The molecule has 0 aliphatic rings. The van der Waals surface area contributed by atoms with E-state index in [0.717, 1.165) is 35.0 Å². The molecule has 2 heterocycles. The first-order chi connectivity index (χ1) is 14.2. The average Bonchev–Trinajstić information content (AvgIpc) is 2.98. The molecule has 0 atom stereocenters. The van der Waals surface area contributed by atoms with E-state index < -0.39 is 15.9 Å². The van der Waals surface area contributed by atoms with Gasteiger partial charge in [-0.3, -0.25) is 4.79 Å². The van der Waals surface area contributed by atoms with Crippen LogP contribution in [0.25, 0.3) is 5.52 Å². The molecule has 8 heteroatoms. The van der Waals surface area contributed by atoms with Crippen molar-refractivity contribution in [2.75, 3.05) is 5.75 Å². The van der Waals surface area contributed by atoms with E-state index >= 15 is 0 Å². The Hall–Kier alpha value is -2.02. The van der Waals surface area contributed by atoms with Crippen LogP contribution >= 0.6 is 23.2 Å². The van der Waals surface area contributed by atoms with Gasteiger partial charge in [-0.25, -0.2) is 13.1 Å². The quantitative estimate of drug-likeness (QED) is 0.452. The Morgan fingerprint density at radius 2 is 1.90 bits per heavy atom. The van der Waals surface area contributed by atoms with E-state index in [9.17, 15) is 13.2 Å². The smallest absolute Gasteiger partial charge is 0.264 e. The maximum absolute atomic E-state index is 12.6. The molecule has 0 fully saturated rings. The zero-order chi connectivity index (χ0) is 21.9. The molecule has 0 unspecified atom stereocenters. The lowest BCUT2D eigenvalue weighted by Crippen LogP contribution is -2.32. The lowest BCUT2D eigenvalue weighted by atomic mass is 10.0. The van der Waals surface area contributed by atoms with Crippen molar-refractivity contribution >= 4 is 44.6 Å². The van der Waals surface area contributed by atoms with E-state index in [4.69, 9.17) is 23.2 Å². The van der Waals surface area contributed by atoms with Crippen LogP contribution < -0.4 is 4.72 Å². The number of amides is 1. The highest BCUT2D eigenvalue weighted by atomic mass is 35.5. The number of nitrogens with one attached hydrogen (secondary N) is 1. The number of benzene rings is 1. The van der Waals surface area contributed by atoms with Gasteiger partial charge in [0.25, 0.3) is 5.91 Å². The number of carbonyl (C=O) groups excluding carboxylic acids is 1. The number of carbonyl (C=O) groups is 1. The second-order valence-corrected chi connectivity index (χ2v) is 10.1. The SMILES string of the molecule is CCCCCS(=O)(=O)NC(=O)c1ccn2cc(C)c(Cc3ccc(Cl)cc3Cl)c2c1. The van der Waals surface area contributed by atoms with E-state index in [1.54, 1.807) is 30.5 Å². The van der Waals surface area contributed by atoms with Crippen molar-refractivity contribution in [1.29, 1.82) is 0 Å². The maximum atomic E-state index is 12.6. The van der Waals surface area contributed by atoms with Gasteiger partial charge in [-0.2, -0.15) is 0 Å². The van der Waals surface area contributed by atoms with Gasteiger partial charge in [0.05, 0.1) is 5.75 Å². The van der Waals surface area contributed by atoms with E-state index in [1.807, 2.05) is 30.5 Å². The number of hydrogen-bond acceptors (Lipinski definition) is 3. The van der Waals surface area contributed by atoms with Gasteiger partial charge in [0.2, 0.25) is 10.0 Å². The molecule has 2 aromatic heterocycles. The predicted octanol–water partition coefficient (Wildman–Crippen LogP) is 5.40. The average molecular weight is 467 g/mol. The fourth-order valence-corrected chi connectivity index (χ4v) is 4.94. The monoisotopic (exact) mass is 466 g/mol. The number of aryl methyl sites for hydroxylation is 1. The van der Waals surface area contributed by atoms with Gasteiger partial charge in [-0.05, 0) is 54.3 Å². The lowest BCUT2D eigenvalue weighted by molar-refractivity contribution is 0.0981. The molecule has 0 spiro atoms. The Kier molecular flexibility index (Phi) is 7.11. The summed E-state index contributed by atoms with van der Waals surface area (Å²) in [5.41, 5.74) is 4.11. The van der Waals surface area contributed by atoms with E-state index in [1.165, 1.54) is 0 Å². The largest absolute Gasteiger partial charge is 0.323 e. The topological polar surface area (TPSA) is 67.7 Å². The lowest BCUT2D eigenvalue weighted by Gasteiger charge is -2.09. The number of pyridine rings is 1. The summed E-state index contributed by atoms with van der Waals surface area (Å²) in [6, 6.07) is 8.70. The van der Waals surface area contributed by atoms with Crippen LogP contribution in [0.5, 0.6) is 0 Å². The molecule has 0 aliphatic carbocycles. The third-order valence-corrected chi connectivity index (χ3v) is 6.92. The highest BCUT2D eigenvalue weighted by Crippen LogP contribution is 2.27. The highest BCUT2D eigenvalue weighted by Gasteiger charge is 2.18. The van der Waals surface area contributed by atoms with Crippen LogP contribution in [0.15, 0.2) is 42.7 Å². The van der Waals surface area contributed by atoms with Crippen LogP contribution in [-0.4, -0.2) is 24.5 Å². The number of sulfonamides is 1. The van der Waals surface area contributed by atoms with Gasteiger partial charge in [-0.15, -0.1) is 0 Å². The third kappa shape index (κ3) is 5.36. The molecule has 1 aromatic carbocycles. The summed E-state index contributed by atoms with van der Waals surface area (Å²) in [5.74, 6) is -0.678. The van der Waals surface area contributed by atoms with E-state index in [-0.39, 0.29) is 5.75 Å². The first-order valence-electron chi connectivity index (χ1n) is 9.79. The van der Waals surface area contributed by atoms with Crippen molar-refractivity contribution in [1.82, 2.24) is 9.12 Å². The molecule has 0 aliphatic heterocycles. The van der Waals surface area contributed by atoms with Crippen molar-refractivity contribution in [3.63, 3.8) is 0 Å². The Morgan fingerprint density at radius 3 is 2.60 bits per heavy atom. The summed E-state index contributed by atoms with van der Waals surface area (Å²) in [7, 11) is -3.65. The fourth-order valence-electron chi connectivity index (χ4n) is 3.37. The first kappa shape index (κ1) is 22.7. The van der Waals surface area contributed by atoms with Gasteiger partial charge in [0, 0.05) is 39.9 Å². The summed E-state index contributed by atoms with van der Waals surface area (Å²) in [6.07, 6.45) is 6.54. The molecular formula is C22H24Cl2N2O3S. The molecule has 0 bridgehead atoms. The minimum absolute atomic E-state index is 0.0562. The molecule has 5 nitrogen and oxygen atoms in total. The summed E-state index contributed by atoms with van der Waals surface area (Å²) in [4.78, 5) is 12.6. The zero-order valence-corrected chi connectivity index (χ0v) is 19.2. The van der Waals surface area contributed by atoms with E-state index in [0.29, 0.717) is 28.5 Å². The van der Waals surface area contributed by atoms with Crippen molar-refractivity contribution in [2.24, 2.45) is 0 Å². The van der Waals surface area contributed by atoms with Crippen LogP contribution in [-0.2, 0) is 16.4 Å². The van der Waals surface area contributed by atoms with Crippen LogP contribution in [0.4, 0.5) is 0 Å². The molecule has 0 radical (unpaired) electrons. The van der Waals surface area contributed by atoms with Gasteiger partial charge in [0.1, 0.15) is 0 Å². The number of halogens is 2. The van der Waals surface area contributed by atoms with Crippen LogP contribution in [0.2, 0.25) is 10.0 Å². The predicted molar refractivity (Wildman–Crippen MR) is 122 cm³/mol. The molecular weight excluding hydrogens is 443 g/mol. The minimum Gasteiger partial charge on any atom is -0.323 e. The number of unbranched alkanes of at least 4 members (excludes halogenated alkanes) is 2. The Morgan fingerprint density at radius 1 is 1.13 bits per heavy atom. The molecule has 0 saturated heterocycles. The van der Waals surface area contributed by atoms with Crippen LogP contribution in [0, 0.1) is 6.92 Å². The third-order valence-electron chi connectivity index (χ3n) is 5.01. The van der Waals surface area contributed by atoms with Crippen LogP contribution in [0.1, 0.15) is 53.2 Å². The van der Waals surface area contributed by atoms with Crippen molar-refractivity contribution in [2.45, 2.75) is 39.5 Å². The summed E-state index contributed by atoms with van der Waals surface area (Å²) in [5, 5.41) is 1.15. The summed E-state index contributed by atoms with van der Waals surface area (Å²) in [6.45, 7) is 3.98. The zero-order valence-electron chi connectivity index (χ0n) is 16.9. The molecule has 1 amide bonds. The first-order valence-corrected chi connectivity index (χ1v) is 12.2. The molecule has 160 valence electrons. The Balaban J connectivity index is 1.88. The van der Waals surface area contributed by atoms with Gasteiger partial charge in [-0.1, -0.05) is 49.0 Å². The molecule has 3 rings (SSSR count). The van der Waals surface area contributed by atoms with Gasteiger partial charge < -0.3 is 4.40 Å². The van der Waals surface area contributed by atoms with Gasteiger partial charge in [0.15, 0.2) is 0 Å². The molecule has 30 heavy (non-hydrogen) atoms. The molecule has 3 aromatic rings. The second kappa shape index (κ2) is 9.41. The van der Waals surface area contributed by atoms with Crippen molar-refractivity contribution in [3.05, 3.63) is 75.0 Å². The van der Waals surface area contributed by atoms with Crippen LogP contribution in [0.3, 0.4) is 0 Å². The molecule has 1 N–H and O–H groups in total. The number of nitrogens with zero attached hydrogens (tertiary/aromatic N) is 1. The fraction of sp³-hybridized carbons (Fsp3) is 0.318. The minimum atomic E-state index is -3.65. The highest BCUT2D eigenvalue weighted by molar-refractivity contribution is 7.90.